The molecule has 2 heterocycles. The lowest BCUT2D eigenvalue weighted by Crippen LogP contribution is -2.15. The first-order valence-electron chi connectivity index (χ1n) is 5.39. The first kappa shape index (κ1) is 12.6. The Kier molecular flexibility index (Phi) is 3.92. The van der Waals surface area contributed by atoms with Gasteiger partial charge in [-0.2, -0.15) is 20.1 Å². The van der Waals surface area contributed by atoms with E-state index in [1.54, 1.807) is 0 Å². The van der Waals surface area contributed by atoms with Crippen molar-refractivity contribution >= 4 is 23.7 Å². The fourth-order valence-corrected chi connectivity index (χ4v) is 1.79. The van der Waals surface area contributed by atoms with Gasteiger partial charge in [-0.25, -0.2) is 4.98 Å². The zero-order valence-corrected chi connectivity index (χ0v) is 11.2. The molecule has 18 heavy (non-hydrogen) atoms. The minimum Gasteiger partial charge on any atom is -0.354 e. The van der Waals surface area contributed by atoms with Gasteiger partial charge in [0, 0.05) is 20.6 Å². The highest BCUT2D eigenvalue weighted by atomic mass is 32.2. The van der Waals surface area contributed by atoms with E-state index in [0.29, 0.717) is 22.2 Å². The largest absolute Gasteiger partial charge is 0.354 e. The zero-order chi connectivity index (χ0) is 13.0. The van der Waals surface area contributed by atoms with Crippen molar-refractivity contribution in [1.29, 1.82) is 0 Å². The molecule has 0 radical (unpaired) electrons. The second kappa shape index (κ2) is 5.63. The van der Waals surface area contributed by atoms with Crippen LogP contribution in [-0.2, 0) is 0 Å². The molecule has 0 saturated carbocycles. The third-order valence-corrected chi connectivity index (χ3v) is 2.67. The van der Waals surface area contributed by atoms with E-state index in [2.05, 4.69) is 35.5 Å². The van der Waals surface area contributed by atoms with Crippen LogP contribution in [0.1, 0.15) is 6.92 Å². The summed E-state index contributed by atoms with van der Waals surface area (Å²) < 4.78 is 0. The molecule has 0 amide bonds. The Morgan fingerprint density at radius 3 is 2.78 bits per heavy atom. The van der Waals surface area contributed by atoms with E-state index in [1.807, 2.05) is 25.9 Å². The van der Waals surface area contributed by atoms with Crippen LogP contribution in [0.3, 0.4) is 0 Å². The van der Waals surface area contributed by atoms with Gasteiger partial charge in [-0.1, -0.05) is 0 Å². The Balaban J connectivity index is 2.27. The van der Waals surface area contributed by atoms with Gasteiger partial charge in [0.2, 0.25) is 17.1 Å². The van der Waals surface area contributed by atoms with Gasteiger partial charge in [-0.15, -0.1) is 0 Å². The summed E-state index contributed by atoms with van der Waals surface area (Å²) >= 11 is 1.31. The number of nitrogens with one attached hydrogen (secondary N) is 2. The molecule has 0 aliphatic rings. The quantitative estimate of drug-likeness (QED) is 0.814. The molecule has 96 valence electrons. The number of H-pyrrole nitrogens is 1. The second-order valence-electron chi connectivity index (χ2n) is 3.56. The first-order valence-corrected chi connectivity index (χ1v) is 6.21. The molecule has 9 heteroatoms. The Morgan fingerprint density at radius 1 is 1.33 bits per heavy atom. The lowest BCUT2D eigenvalue weighted by molar-refractivity contribution is 0.857. The molecule has 8 nitrogen and oxygen atoms in total. The van der Waals surface area contributed by atoms with Crippen LogP contribution in [0.4, 0.5) is 11.9 Å². The first-order chi connectivity index (χ1) is 8.69. The van der Waals surface area contributed by atoms with Crippen molar-refractivity contribution in [3.63, 3.8) is 0 Å². The topological polar surface area (TPSA) is 95.5 Å². The van der Waals surface area contributed by atoms with Crippen molar-refractivity contribution in [3.05, 3.63) is 6.33 Å². The normalized spacial score (nSPS) is 10.4. The lowest BCUT2D eigenvalue weighted by Gasteiger charge is -2.12. The number of nitrogens with zero attached hydrogens (tertiary/aromatic N) is 6. The van der Waals surface area contributed by atoms with Crippen molar-refractivity contribution in [2.75, 3.05) is 30.9 Å². The van der Waals surface area contributed by atoms with Gasteiger partial charge in [0.25, 0.3) is 0 Å². The predicted molar refractivity (Wildman–Crippen MR) is 68.8 cm³/mol. The van der Waals surface area contributed by atoms with Crippen LogP contribution in [0.5, 0.6) is 0 Å². The molecule has 2 aromatic rings. The summed E-state index contributed by atoms with van der Waals surface area (Å²) in [4.78, 5) is 18.8. The molecule has 0 spiro atoms. The average Bonchev–Trinajstić information content (AvgIpc) is 2.82. The highest BCUT2D eigenvalue weighted by molar-refractivity contribution is 7.99. The molecule has 0 aliphatic carbocycles. The number of aromatic nitrogens is 6. The molecule has 0 aromatic carbocycles. The predicted octanol–water partition coefficient (Wildman–Crippen LogP) is 0.639. The SMILES string of the molecule is CCNc1nc(Sc2ncn[nH]2)nc(N(C)C)n1. The van der Waals surface area contributed by atoms with Crippen molar-refractivity contribution < 1.29 is 0 Å². The van der Waals surface area contributed by atoms with Crippen LogP contribution in [0, 0.1) is 0 Å². The standard InChI is InChI=1S/C9H14N8S/c1-4-10-6-13-7(17(2)3)15-9(14-6)18-8-11-5-12-16-8/h5H,4H2,1-3H3,(H,11,12,16)(H,10,13,14,15). The van der Waals surface area contributed by atoms with Gasteiger partial charge >= 0.3 is 0 Å². The molecule has 0 fully saturated rings. The molecule has 0 bridgehead atoms. The number of hydrogen-bond acceptors (Lipinski definition) is 8. The van der Waals surface area contributed by atoms with Gasteiger partial charge in [0.15, 0.2) is 5.16 Å². The van der Waals surface area contributed by atoms with Gasteiger partial charge < -0.3 is 10.2 Å². The van der Waals surface area contributed by atoms with E-state index in [-0.39, 0.29) is 0 Å². The molecule has 0 atom stereocenters. The molecular weight excluding hydrogens is 252 g/mol. The van der Waals surface area contributed by atoms with Gasteiger partial charge in [-0.3, -0.25) is 5.10 Å². The van der Waals surface area contributed by atoms with Crippen LogP contribution in [0.15, 0.2) is 16.6 Å². The summed E-state index contributed by atoms with van der Waals surface area (Å²) in [6.07, 6.45) is 1.45. The van der Waals surface area contributed by atoms with E-state index in [1.165, 1.54) is 18.1 Å². The van der Waals surface area contributed by atoms with Crippen LogP contribution in [0.25, 0.3) is 0 Å². The highest BCUT2D eigenvalue weighted by Gasteiger charge is 2.10. The molecule has 2 aromatic heterocycles. The van der Waals surface area contributed by atoms with Gasteiger partial charge in [0.1, 0.15) is 6.33 Å². The van der Waals surface area contributed by atoms with E-state index in [4.69, 9.17) is 0 Å². The van der Waals surface area contributed by atoms with E-state index < -0.39 is 0 Å². The monoisotopic (exact) mass is 266 g/mol. The minimum atomic E-state index is 0.554. The molecule has 0 unspecified atom stereocenters. The van der Waals surface area contributed by atoms with E-state index in [0.717, 1.165) is 6.54 Å². The fraction of sp³-hybridized carbons (Fsp3) is 0.444. The van der Waals surface area contributed by atoms with Gasteiger partial charge in [0.05, 0.1) is 0 Å². The van der Waals surface area contributed by atoms with Crippen LogP contribution in [-0.4, -0.2) is 50.8 Å². The van der Waals surface area contributed by atoms with Crippen LogP contribution in [0.2, 0.25) is 0 Å². The lowest BCUT2D eigenvalue weighted by atomic mass is 10.7. The van der Waals surface area contributed by atoms with Crippen LogP contribution >= 0.6 is 11.8 Å². The smallest absolute Gasteiger partial charge is 0.230 e. The molecular formula is C9H14N8S. The summed E-state index contributed by atoms with van der Waals surface area (Å²) in [7, 11) is 3.77. The van der Waals surface area contributed by atoms with Crippen molar-refractivity contribution in [2.45, 2.75) is 17.2 Å². The maximum atomic E-state index is 4.33. The Hall–Kier alpha value is -1.90. The molecule has 0 saturated heterocycles. The number of anilines is 2. The van der Waals surface area contributed by atoms with Crippen molar-refractivity contribution in [2.24, 2.45) is 0 Å². The summed E-state index contributed by atoms with van der Waals surface area (Å²) in [5.74, 6) is 1.15. The number of rotatable bonds is 5. The maximum absolute atomic E-state index is 4.33. The average molecular weight is 266 g/mol. The summed E-state index contributed by atoms with van der Waals surface area (Å²) in [5, 5.41) is 10.8. The second-order valence-corrected chi connectivity index (χ2v) is 4.52. The van der Waals surface area contributed by atoms with Crippen LogP contribution < -0.4 is 10.2 Å². The zero-order valence-electron chi connectivity index (χ0n) is 10.4. The number of hydrogen-bond donors (Lipinski definition) is 2. The Morgan fingerprint density at radius 2 is 2.17 bits per heavy atom. The molecule has 0 aliphatic heterocycles. The van der Waals surface area contributed by atoms with Crippen molar-refractivity contribution in [3.8, 4) is 0 Å². The maximum Gasteiger partial charge on any atom is 0.230 e. The Bertz CT molecular complexity index is 497. The van der Waals surface area contributed by atoms with Gasteiger partial charge in [-0.05, 0) is 18.7 Å². The Labute approximate surface area is 109 Å². The molecule has 2 rings (SSSR count). The van der Waals surface area contributed by atoms with E-state index >= 15 is 0 Å². The third kappa shape index (κ3) is 3.06. The fourth-order valence-electron chi connectivity index (χ4n) is 1.16. The minimum absolute atomic E-state index is 0.554. The van der Waals surface area contributed by atoms with E-state index in [9.17, 15) is 0 Å². The highest BCUT2D eigenvalue weighted by Crippen LogP contribution is 2.22. The molecule has 2 N–H and O–H groups in total. The summed E-state index contributed by atoms with van der Waals surface area (Å²) in [6, 6.07) is 0. The summed E-state index contributed by atoms with van der Waals surface area (Å²) in [6.45, 7) is 2.74. The number of aromatic amines is 1. The third-order valence-electron chi connectivity index (χ3n) is 1.92. The van der Waals surface area contributed by atoms with Crippen molar-refractivity contribution in [1.82, 2.24) is 30.1 Å². The summed E-state index contributed by atoms with van der Waals surface area (Å²) in [5.41, 5.74) is 0.